The molecule has 4 rings (SSSR count). The molecule has 1 aliphatic rings. The second kappa shape index (κ2) is 6.64. The largest absolute Gasteiger partial charge is 0.495 e. The van der Waals surface area contributed by atoms with Crippen LogP contribution in [0.1, 0.15) is 24.5 Å². The highest BCUT2D eigenvalue weighted by Crippen LogP contribution is 2.36. The summed E-state index contributed by atoms with van der Waals surface area (Å²) in [5, 5.41) is 10.3. The van der Waals surface area contributed by atoms with Crippen molar-refractivity contribution in [3.05, 3.63) is 65.5 Å². The highest BCUT2D eigenvalue weighted by atomic mass is 16.5. The van der Waals surface area contributed by atoms with Crippen LogP contribution in [0.25, 0.3) is 0 Å². The van der Waals surface area contributed by atoms with Gasteiger partial charge in [0.1, 0.15) is 29.6 Å². The number of anilines is 2. The first-order valence-corrected chi connectivity index (χ1v) is 8.46. The molecule has 0 saturated heterocycles. The monoisotopic (exact) mass is 365 g/mol. The average Bonchev–Trinajstić information content (AvgIpc) is 3.29. The number of allylic oxidation sites excluding steroid dienone is 1. The third-order valence-electron chi connectivity index (χ3n) is 4.42. The number of hydrogen-bond acceptors (Lipinski definition) is 6. The van der Waals surface area contributed by atoms with Gasteiger partial charge in [0, 0.05) is 5.70 Å². The molecule has 2 aromatic heterocycles. The van der Waals surface area contributed by atoms with E-state index in [1.165, 1.54) is 6.33 Å². The zero-order chi connectivity index (χ0) is 19.0. The van der Waals surface area contributed by atoms with Gasteiger partial charge in [-0.25, -0.2) is 4.68 Å². The van der Waals surface area contributed by atoms with Crippen LogP contribution in [-0.4, -0.2) is 27.8 Å². The molecule has 1 aromatic carbocycles. The van der Waals surface area contributed by atoms with Gasteiger partial charge in [-0.2, -0.15) is 10.1 Å². The topological polar surface area (TPSA) is 94.2 Å². The summed E-state index contributed by atoms with van der Waals surface area (Å²) in [6.07, 6.45) is 1.44. The molecule has 0 spiro atoms. The average molecular weight is 365 g/mol. The number of para-hydroxylation sites is 2. The second-order valence-corrected chi connectivity index (χ2v) is 6.20. The SMILES string of the molecule is COc1ccccc1NC(=O)C1=C(C)Nc2ncnn2[C@H]1c1ccc(C)o1. The number of fused-ring (bicyclic) bond motifs is 1. The maximum atomic E-state index is 13.2. The molecule has 0 radical (unpaired) electrons. The number of aryl methyl sites for hydroxylation is 1. The molecule has 8 heteroatoms. The summed E-state index contributed by atoms with van der Waals surface area (Å²) in [5.74, 6) is 2.24. The molecule has 0 unspecified atom stereocenters. The third kappa shape index (κ3) is 2.95. The minimum Gasteiger partial charge on any atom is -0.495 e. The molecule has 3 heterocycles. The fourth-order valence-electron chi connectivity index (χ4n) is 3.19. The van der Waals surface area contributed by atoms with Gasteiger partial charge in [-0.3, -0.25) is 4.79 Å². The minimum absolute atomic E-state index is 0.273. The summed E-state index contributed by atoms with van der Waals surface area (Å²) in [5.41, 5.74) is 1.76. The maximum Gasteiger partial charge on any atom is 0.256 e. The number of nitrogens with zero attached hydrogens (tertiary/aromatic N) is 3. The van der Waals surface area contributed by atoms with Crippen LogP contribution in [0.4, 0.5) is 11.6 Å². The van der Waals surface area contributed by atoms with Gasteiger partial charge in [0.25, 0.3) is 5.91 Å². The Kier molecular flexibility index (Phi) is 4.15. The molecule has 3 aromatic rings. The van der Waals surface area contributed by atoms with E-state index < -0.39 is 6.04 Å². The standard InChI is InChI=1S/C19H19N5O3/c1-11-8-9-15(27-11)17-16(12(2)22-19-20-10-21-24(17)19)18(25)23-13-6-4-5-7-14(13)26-3/h4-10,17H,1-3H3,(H,23,25)(H,20,21,22)/t17-/m0/s1. The fourth-order valence-corrected chi connectivity index (χ4v) is 3.19. The lowest BCUT2D eigenvalue weighted by atomic mass is 10.00. The normalized spacial score (nSPS) is 15.9. The molecule has 1 amide bonds. The van der Waals surface area contributed by atoms with Crippen LogP contribution in [0.5, 0.6) is 5.75 Å². The number of benzene rings is 1. The summed E-state index contributed by atoms with van der Waals surface area (Å²) < 4.78 is 12.8. The van der Waals surface area contributed by atoms with E-state index in [-0.39, 0.29) is 5.91 Å². The predicted octanol–water partition coefficient (Wildman–Crippen LogP) is 3.12. The Labute approximate surface area is 155 Å². The molecule has 2 N–H and O–H groups in total. The van der Waals surface area contributed by atoms with E-state index in [9.17, 15) is 4.79 Å². The zero-order valence-corrected chi connectivity index (χ0v) is 15.2. The lowest BCUT2D eigenvalue weighted by Gasteiger charge is -2.27. The Bertz CT molecular complexity index is 1030. The fraction of sp³-hybridized carbons (Fsp3) is 0.211. The van der Waals surface area contributed by atoms with Crippen molar-refractivity contribution in [3.8, 4) is 5.75 Å². The zero-order valence-electron chi connectivity index (χ0n) is 15.2. The van der Waals surface area contributed by atoms with Crippen LogP contribution in [0.15, 0.2) is 58.4 Å². The second-order valence-electron chi connectivity index (χ2n) is 6.20. The molecule has 0 saturated carbocycles. The van der Waals surface area contributed by atoms with E-state index in [1.807, 2.05) is 38.1 Å². The Hall–Kier alpha value is -3.55. The first-order chi connectivity index (χ1) is 13.1. The lowest BCUT2D eigenvalue weighted by Crippen LogP contribution is -2.31. The molecule has 1 aliphatic heterocycles. The molecular formula is C19H19N5O3. The number of nitrogens with one attached hydrogen (secondary N) is 2. The Morgan fingerprint density at radius 1 is 1.26 bits per heavy atom. The lowest BCUT2D eigenvalue weighted by molar-refractivity contribution is -0.113. The van der Waals surface area contributed by atoms with Crippen LogP contribution >= 0.6 is 0 Å². The Morgan fingerprint density at radius 3 is 2.81 bits per heavy atom. The van der Waals surface area contributed by atoms with Crippen LogP contribution < -0.4 is 15.4 Å². The minimum atomic E-state index is -0.521. The number of amides is 1. The van der Waals surface area contributed by atoms with Crippen molar-refractivity contribution in [1.82, 2.24) is 14.8 Å². The van der Waals surface area contributed by atoms with Crippen molar-refractivity contribution < 1.29 is 13.9 Å². The molecule has 1 atom stereocenters. The van der Waals surface area contributed by atoms with Crippen LogP contribution in [-0.2, 0) is 4.79 Å². The molecule has 0 aliphatic carbocycles. The molecule has 0 bridgehead atoms. The molecular weight excluding hydrogens is 346 g/mol. The number of carbonyl (C=O) groups is 1. The van der Waals surface area contributed by atoms with E-state index in [0.29, 0.717) is 34.4 Å². The van der Waals surface area contributed by atoms with E-state index in [1.54, 1.807) is 23.9 Å². The van der Waals surface area contributed by atoms with Gasteiger partial charge in [0.2, 0.25) is 5.95 Å². The van der Waals surface area contributed by atoms with Gasteiger partial charge >= 0.3 is 0 Å². The third-order valence-corrected chi connectivity index (χ3v) is 4.42. The number of ether oxygens (including phenoxy) is 1. The molecule has 0 fully saturated rings. The van der Waals surface area contributed by atoms with E-state index in [2.05, 4.69) is 20.7 Å². The van der Waals surface area contributed by atoms with E-state index in [0.717, 1.165) is 5.76 Å². The Morgan fingerprint density at radius 2 is 2.07 bits per heavy atom. The smallest absolute Gasteiger partial charge is 0.256 e. The highest BCUT2D eigenvalue weighted by Gasteiger charge is 2.35. The highest BCUT2D eigenvalue weighted by molar-refractivity contribution is 6.06. The summed E-state index contributed by atoms with van der Waals surface area (Å²) in [4.78, 5) is 17.4. The first-order valence-electron chi connectivity index (χ1n) is 8.46. The van der Waals surface area contributed by atoms with Gasteiger partial charge in [-0.05, 0) is 38.1 Å². The van der Waals surface area contributed by atoms with Gasteiger partial charge < -0.3 is 19.8 Å². The summed E-state index contributed by atoms with van der Waals surface area (Å²) >= 11 is 0. The van der Waals surface area contributed by atoms with Gasteiger partial charge in [0.05, 0.1) is 18.4 Å². The maximum absolute atomic E-state index is 13.2. The molecule has 8 nitrogen and oxygen atoms in total. The number of methoxy groups -OCH3 is 1. The van der Waals surface area contributed by atoms with Crippen molar-refractivity contribution in [3.63, 3.8) is 0 Å². The van der Waals surface area contributed by atoms with Gasteiger partial charge in [0.15, 0.2) is 0 Å². The van der Waals surface area contributed by atoms with Crippen molar-refractivity contribution in [2.75, 3.05) is 17.7 Å². The van der Waals surface area contributed by atoms with E-state index >= 15 is 0 Å². The summed E-state index contributed by atoms with van der Waals surface area (Å²) in [7, 11) is 1.56. The Balaban J connectivity index is 1.75. The van der Waals surface area contributed by atoms with Gasteiger partial charge in [-0.1, -0.05) is 12.1 Å². The number of furan rings is 1. The van der Waals surface area contributed by atoms with Crippen LogP contribution in [0.2, 0.25) is 0 Å². The number of aromatic nitrogens is 3. The van der Waals surface area contributed by atoms with Crippen molar-refractivity contribution in [1.29, 1.82) is 0 Å². The van der Waals surface area contributed by atoms with Crippen molar-refractivity contribution in [2.24, 2.45) is 0 Å². The molecule has 27 heavy (non-hydrogen) atoms. The van der Waals surface area contributed by atoms with Crippen molar-refractivity contribution >= 4 is 17.5 Å². The predicted molar refractivity (Wildman–Crippen MR) is 99.6 cm³/mol. The summed E-state index contributed by atoms with van der Waals surface area (Å²) in [6, 6.07) is 10.4. The first kappa shape index (κ1) is 16.9. The van der Waals surface area contributed by atoms with Gasteiger partial charge in [-0.15, -0.1) is 0 Å². The van der Waals surface area contributed by atoms with Crippen LogP contribution in [0, 0.1) is 6.92 Å². The number of rotatable bonds is 4. The van der Waals surface area contributed by atoms with Crippen molar-refractivity contribution in [2.45, 2.75) is 19.9 Å². The quantitative estimate of drug-likeness (QED) is 0.738. The van der Waals surface area contributed by atoms with Crippen LogP contribution in [0.3, 0.4) is 0 Å². The van der Waals surface area contributed by atoms with E-state index in [4.69, 9.17) is 9.15 Å². The number of hydrogen-bond donors (Lipinski definition) is 2. The molecule has 138 valence electrons. The number of carbonyl (C=O) groups excluding carboxylic acids is 1. The summed E-state index contributed by atoms with van der Waals surface area (Å²) in [6.45, 7) is 3.69.